The summed E-state index contributed by atoms with van der Waals surface area (Å²) < 4.78 is 40.4. The molecule has 0 fully saturated rings. The highest BCUT2D eigenvalue weighted by atomic mass is 19.4. The second-order valence-electron chi connectivity index (χ2n) is 4.79. The van der Waals surface area contributed by atoms with Gasteiger partial charge >= 0.3 is 6.18 Å². The fraction of sp³-hybridized carbons (Fsp3) is 0.125. The van der Waals surface area contributed by atoms with Crippen LogP contribution in [0.1, 0.15) is 22.5 Å². The Kier molecular flexibility index (Phi) is 3.33. The zero-order valence-electron chi connectivity index (χ0n) is 11.3. The van der Waals surface area contributed by atoms with Crippen molar-refractivity contribution in [3.63, 3.8) is 0 Å². The SMILES string of the molecule is N#Cc1c(Cc2ccccc2)nc2c(C(F)(F)F)cccn12. The van der Waals surface area contributed by atoms with Crippen LogP contribution in [0, 0.1) is 11.3 Å². The molecule has 3 rings (SSSR count). The molecule has 0 spiro atoms. The highest BCUT2D eigenvalue weighted by molar-refractivity contribution is 5.55. The molecule has 0 aliphatic heterocycles. The van der Waals surface area contributed by atoms with Crippen molar-refractivity contribution in [2.75, 3.05) is 0 Å². The van der Waals surface area contributed by atoms with Crippen molar-refractivity contribution in [1.29, 1.82) is 5.26 Å². The van der Waals surface area contributed by atoms with E-state index in [0.717, 1.165) is 11.6 Å². The normalized spacial score (nSPS) is 11.5. The third-order valence-corrected chi connectivity index (χ3v) is 3.35. The molecule has 0 bridgehead atoms. The van der Waals surface area contributed by atoms with Crippen molar-refractivity contribution >= 4 is 5.65 Å². The minimum Gasteiger partial charge on any atom is -0.291 e. The average molecular weight is 301 g/mol. The highest BCUT2D eigenvalue weighted by Gasteiger charge is 2.34. The molecule has 0 aliphatic carbocycles. The van der Waals surface area contributed by atoms with Crippen molar-refractivity contribution in [3.05, 3.63) is 71.2 Å². The van der Waals surface area contributed by atoms with Gasteiger partial charge in [-0.05, 0) is 17.7 Å². The van der Waals surface area contributed by atoms with E-state index in [1.807, 2.05) is 36.4 Å². The van der Waals surface area contributed by atoms with Crippen LogP contribution in [0.15, 0.2) is 48.7 Å². The van der Waals surface area contributed by atoms with Crippen molar-refractivity contribution in [1.82, 2.24) is 9.38 Å². The van der Waals surface area contributed by atoms with E-state index in [0.29, 0.717) is 12.1 Å². The Morgan fingerprint density at radius 1 is 1.09 bits per heavy atom. The number of fused-ring (bicyclic) bond motifs is 1. The highest BCUT2D eigenvalue weighted by Crippen LogP contribution is 2.32. The first-order valence-electron chi connectivity index (χ1n) is 6.52. The van der Waals surface area contributed by atoms with Crippen molar-refractivity contribution in [2.24, 2.45) is 0 Å². The summed E-state index contributed by atoms with van der Waals surface area (Å²) >= 11 is 0. The number of hydrogen-bond acceptors (Lipinski definition) is 2. The zero-order chi connectivity index (χ0) is 15.7. The molecule has 22 heavy (non-hydrogen) atoms. The minimum absolute atomic E-state index is 0.130. The van der Waals surface area contributed by atoms with E-state index in [1.54, 1.807) is 0 Å². The van der Waals surface area contributed by atoms with Crippen LogP contribution in [-0.2, 0) is 12.6 Å². The van der Waals surface area contributed by atoms with Crippen molar-refractivity contribution in [2.45, 2.75) is 12.6 Å². The number of rotatable bonds is 2. The van der Waals surface area contributed by atoms with Gasteiger partial charge in [0.05, 0.1) is 11.3 Å². The molecule has 3 nitrogen and oxygen atoms in total. The summed E-state index contributed by atoms with van der Waals surface area (Å²) in [5.74, 6) is 0. The quantitative estimate of drug-likeness (QED) is 0.722. The number of nitrogens with zero attached hydrogens (tertiary/aromatic N) is 3. The zero-order valence-corrected chi connectivity index (χ0v) is 11.3. The number of imidazole rings is 1. The van der Waals surface area contributed by atoms with E-state index in [2.05, 4.69) is 4.98 Å². The summed E-state index contributed by atoms with van der Waals surface area (Å²) in [7, 11) is 0. The molecule has 2 aromatic heterocycles. The van der Waals surface area contributed by atoms with Gasteiger partial charge in [-0.25, -0.2) is 4.98 Å². The van der Waals surface area contributed by atoms with Crippen molar-refractivity contribution in [3.8, 4) is 6.07 Å². The Bertz CT molecular complexity index is 858. The van der Waals surface area contributed by atoms with Crippen LogP contribution in [0.5, 0.6) is 0 Å². The van der Waals surface area contributed by atoms with Gasteiger partial charge in [0, 0.05) is 12.6 Å². The van der Waals surface area contributed by atoms with Crippen molar-refractivity contribution < 1.29 is 13.2 Å². The molecule has 0 radical (unpaired) electrons. The van der Waals surface area contributed by atoms with Crippen LogP contribution in [-0.4, -0.2) is 9.38 Å². The third-order valence-electron chi connectivity index (χ3n) is 3.35. The largest absolute Gasteiger partial charge is 0.419 e. The minimum atomic E-state index is -4.51. The Hall–Kier alpha value is -2.81. The number of nitriles is 1. The summed E-state index contributed by atoms with van der Waals surface area (Å²) in [6, 6.07) is 13.4. The number of alkyl halides is 3. The number of pyridine rings is 1. The van der Waals surface area contributed by atoms with Crippen LogP contribution in [0.4, 0.5) is 13.2 Å². The second kappa shape index (κ2) is 5.19. The number of hydrogen-bond donors (Lipinski definition) is 0. The molecule has 0 atom stereocenters. The van der Waals surface area contributed by atoms with Crippen LogP contribution in [0.25, 0.3) is 5.65 Å². The van der Waals surface area contributed by atoms with E-state index >= 15 is 0 Å². The van der Waals surface area contributed by atoms with Gasteiger partial charge in [-0.1, -0.05) is 30.3 Å². The lowest BCUT2D eigenvalue weighted by atomic mass is 10.1. The van der Waals surface area contributed by atoms with Gasteiger partial charge in [0.25, 0.3) is 0 Å². The Morgan fingerprint density at radius 3 is 2.45 bits per heavy atom. The Balaban J connectivity index is 2.18. The van der Waals surface area contributed by atoms with Gasteiger partial charge in [-0.3, -0.25) is 4.40 Å². The molecule has 0 unspecified atom stereocenters. The van der Waals surface area contributed by atoms with Gasteiger partial charge in [-0.2, -0.15) is 18.4 Å². The maximum Gasteiger partial charge on any atom is 0.419 e. The first-order valence-corrected chi connectivity index (χ1v) is 6.52. The summed E-state index contributed by atoms with van der Waals surface area (Å²) in [6.45, 7) is 0. The topological polar surface area (TPSA) is 41.1 Å². The van der Waals surface area contributed by atoms with Crippen LogP contribution < -0.4 is 0 Å². The summed E-state index contributed by atoms with van der Waals surface area (Å²) in [5.41, 5.74) is 0.273. The van der Waals surface area contributed by atoms with Crippen LogP contribution in [0.2, 0.25) is 0 Å². The molecule has 0 saturated heterocycles. The molecule has 110 valence electrons. The number of aromatic nitrogens is 2. The maximum absolute atomic E-state index is 13.1. The predicted molar refractivity (Wildman–Crippen MR) is 74.2 cm³/mol. The van der Waals surface area contributed by atoms with Gasteiger partial charge in [0.2, 0.25) is 0 Å². The molecule has 0 N–H and O–H groups in total. The van der Waals surface area contributed by atoms with Gasteiger partial charge in [-0.15, -0.1) is 0 Å². The maximum atomic E-state index is 13.1. The second-order valence-corrected chi connectivity index (χ2v) is 4.79. The predicted octanol–water partition coefficient (Wildman–Crippen LogP) is 3.82. The molecule has 1 aromatic carbocycles. The fourth-order valence-corrected chi connectivity index (χ4v) is 2.37. The lowest BCUT2D eigenvalue weighted by Crippen LogP contribution is -2.07. The molecular weight excluding hydrogens is 291 g/mol. The molecule has 0 aliphatic rings. The van der Waals surface area contributed by atoms with E-state index in [1.165, 1.54) is 16.7 Å². The average Bonchev–Trinajstić information content (AvgIpc) is 2.84. The van der Waals surface area contributed by atoms with Gasteiger partial charge in [0.1, 0.15) is 17.4 Å². The van der Waals surface area contributed by atoms with Gasteiger partial charge in [0.15, 0.2) is 0 Å². The molecule has 2 heterocycles. The molecule has 0 saturated carbocycles. The van der Waals surface area contributed by atoms with E-state index in [4.69, 9.17) is 0 Å². The van der Waals surface area contributed by atoms with E-state index in [-0.39, 0.29) is 11.3 Å². The standard InChI is InChI=1S/C16H10F3N3/c17-16(18,19)12-7-4-8-22-14(10-20)13(21-15(12)22)9-11-5-2-1-3-6-11/h1-8H,9H2. The number of halogens is 3. The van der Waals surface area contributed by atoms with E-state index < -0.39 is 11.7 Å². The summed E-state index contributed by atoms with van der Waals surface area (Å²) in [5, 5.41) is 9.28. The molecule has 3 aromatic rings. The summed E-state index contributed by atoms with van der Waals surface area (Å²) in [6.07, 6.45) is -2.78. The lowest BCUT2D eigenvalue weighted by Gasteiger charge is -2.07. The molecule has 0 amide bonds. The third kappa shape index (κ3) is 2.42. The van der Waals surface area contributed by atoms with E-state index in [9.17, 15) is 18.4 Å². The first kappa shape index (κ1) is 14.1. The monoisotopic (exact) mass is 301 g/mol. The number of benzene rings is 1. The Morgan fingerprint density at radius 2 is 1.82 bits per heavy atom. The first-order chi connectivity index (χ1) is 10.5. The molecule has 6 heteroatoms. The Labute approximate surface area is 124 Å². The fourth-order valence-electron chi connectivity index (χ4n) is 2.37. The smallest absolute Gasteiger partial charge is 0.291 e. The van der Waals surface area contributed by atoms with Crippen LogP contribution >= 0.6 is 0 Å². The summed E-state index contributed by atoms with van der Waals surface area (Å²) in [4.78, 5) is 4.07. The van der Waals surface area contributed by atoms with Crippen LogP contribution in [0.3, 0.4) is 0 Å². The molecular formula is C16H10F3N3. The lowest BCUT2D eigenvalue weighted by molar-refractivity contribution is -0.136. The van der Waals surface area contributed by atoms with Gasteiger partial charge < -0.3 is 0 Å².